The molecule has 0 saturated heterocycles. The number of halogens is 1. The third-order valence-electron chi connectivity index (χ3n) is 3.98. The van der Waals surface area contributed by atoms with Gasteiger partial charge >= 0.3 is 0 Å². The minimum absolute atomic E-state index is 0. The molecule has 100 valence electrons. The van der Waals surface area contributed by atoms with Gasteiger partial charge in [0.05, 0.1) is 6.11 Å². The zero-order chi connectivity index (χ0) is 12.2. The van der Waals surface area contributed by atoms with Crippen LogP contribution in [0.1, 0.15) is 52.9 Å². The first-order valence-corrected chi connectivity index (χ1v) is 9.42. The van der Waals surface area contributed by atoms with Gasteiger partial charge in [0.1, 0.15) is 0 Å². The van der Waals surface area contributed by atoms with E-state index in [0.717, 1.165) is 0 Å². The van der Waals surface area contributed by atoms with Gasteiger partial charge in [-0.3, -0.25) is 0 Å². The van der Waals surface area contributed by atoms with Gasteiger partial charge in [0, 0.05) is 5.92 Å². The van der Waals surface area contributed by atoms with E-state index in [-0.39, 0.29) is 22.0 Å². The van der Waals surface area contributed by atoms with Crippen molar-refractivity contribution in [1.29, 1.82) is 0 Å². The molecule has 0 bridgehead atoms. The summed E-state index contributed by atoms with van der Waals surface area (Å²) >= 11 is 0. The van der Waals surface area contributed by atoms with Crippen LogP contribution in [-0.2, 0) is 4.43 Å². The Morgan fingerprint density at radius 1 is 1.06 bits per heavy atom. The Kier molecular flexibility index (Phi) is 6.87. The first-order chi connectivity index (χ1) is 7.33. The molecule has 1 rings (SSSR count). The molecule has 0 heterocycles. The summed E-state index contributed by atoms with van der Waals surface area (Å²) in [6.07, 6.45) is 9.64. The van der Waals surface area contributed by atoms with Gasteiger partial charge < -0.3 is 4.43 Å². The van der Waals surface area contributed by atoms with Crippen molar-refractivity contribution in [2.45, 2.75) is 71.0 Å². The predicted octanol–water partition coefficient (Wildman–Crippen LogP) is 5.13. The summed E-state index contributed by atoms with van der Waals surface area (Å²) in [4.78, 5) is 0. The highest BCUT2D eigenvalue weighted by molar-refractivity contribution is 8.93. The van der Waals surface area contributed by atoms with Crippen molar-refractivity contribution in [3.8, 4) is 12.0 Å². The largest absolute Gasteiger partial charge is 0.500 e. The van der Waals surface area contributed by atoms with Crippen molar-refractivity contribution in [2.24, 2.45) is 5.92 Å². The monoisotopic (exact) mass is 318 g/mol. The van der Waals surface area contributed by atoms with E-state index >= 15 is 0 Å². The molecular weight excluding hydrogens is 292 g/mol. The maximum Gasteiger partial charge on any atom is 0.264 e. The third kappa shape index (κ3) is 5.48. The van der Waals surface area contributed by atoms with Crippen LogP contribution < -0.4 is 0 Å². The summed E-state index contributed by atoms with van der Waals surface area (Å²) in [5.41, 5.74) is 0. The second-order valence-electron chi connectivity index (χ2n) is 6.44. The fourth-order valence-corrected chi connectivity index (χ4v) is 2.26. The first kappa shape index (κ1) is 17.1. The van der Waals surface area contributed by atoms with Crippen LogP contribution in [0, 0.1) is 17.9 Å². The van der Waals surface area contributed by atoms with Gasteiger partial charge in [-0.2, -0.15) is 0 Å². The van der Waals surface area contributed by atoms with Crippen molar-refractivity contribution in [1.82, 2.24) is 0 Å². The molecule has 0 spiro atoms. The Bertz CT molecular complexity index is 277. The molecular formula is C14H27BrOSi. The van der Waals surface area contributed by atoms with Crippen molar-refractivity contribution >= 4 is 25.3 Å². The summed E-state index contributed by atoms with van der Waals surface area (Å²) in [7, 11) is -1.66. The van der Waals surface area contributed by atoms with Crippen LogP contribution >= 0.6 is 17.0 Å². The molecule has 1 aliphatic rings. The molecule has 0 aliphatic heterocycles. The molecule has 0 aromatic heterocycles. The summed E-state index contributed by atoms with van der Waals surface area (Å²) in [6.45, 7) is 11.3. The molecule has 1 nitrogen and oxygen atoms in total. The maximum absolute atomic E-state index is 5.87. The molecule has 0 radical (unpaired) electrons. The van der Waals surface area contributed by atoms with Crippen LogP contribution in [0.4, 0.5) is 0 Å². The zero-order valence-electron chi connectivity index (χ0n) is 11.9. The zero-order valence-corrected chi connectivity index (χ0v) is 14.6. The average molecular weight is 319 g/mol. The third-order valence-corrected chi connectivity index (χ3v) is 8.21. The van der Waals surface area contributed by atoms with Crippen LogP contribution in [0.3, 0.4) is 0 Å². The summed E-state index contributed by atoms with van der Waals surface area (Å²) in [5, 5.41) is 0.258. The summed E-state index contributed by atoms with van der Waals surface area (Å²) in [6, 6.07) is 0. The van der Waals surface area contributed by atoms with Crippen LogP contribution in [0.2, 0.25) is 18.1 Å². The first-order valence-electron chi connectivity index (χ1n) is 6.51. The van der Waals surface area contributed by atoms with Gasteiger partial charge in [-0.25, -0.2) is 0 Å². The minimum atomic E-state index is -1.66. The predicted molar refractivity (Wildman–Crippen MR) is 83.0 cm³/mol. The number of hydrogen-bond donors (Lipinski definition) is 0. The molecule has 0 aromatic rings. The lowest BCUT2D eigenvalue weighted by atomic mass is 9.90. The normalized spacial score (nSPS) is 17.7. The molecule has 1 aliphatic carbocycles. The lowest BCUT2D eigenvalue weighted by Gasteiger charge is -2.33. The lowest BCUT2D eigenvalue weighted by Crippen LogP contribution is -2.39. The molecule has 0 amide bonds. The van der Waals surface area contributed by atoms with Crippen LogP contribution in [0.5, 0.6) is 0 Å². The Morgan fingerprint density at radius 3 is 2.06 bits per heavy atom. The van der Waals surface area contributed by atoms with Crippen LogP contribution in [-0.4, -0.2) is 8.32 Å². The van der Waals surface area contributed by atoms with Crippen molar-refractivity contribution in [3.05, 3.63) is 0 Å². The van der Waals surface area contributed by atoms with Gasteiger partial charge in [-0.05, 0) is 31.0 Å². The van der Waals surface area contributed by atoms with E-state index in [2.05, 4.69) is 45.9 Å². The Morgan fingerprint density at radius 2 is 1.59 bits per heavy atom. The SMILES string of the molecule is Br.CC(C)(C)[Si](C)(C)OC#CC1CCCCC1. The minimum Gasteiger partial charge on any atom is -0.500 e. The second kappa shape index (κ2) is 6.85. The number of rotatable bonds is 1. The molecule has 0 unspecified atom stereocenters. The van der Waals surface area contributed by atoms with Gasteiger partial charge in [0.15, 0.2) is 0 Å². The molecule has 3 heteroatoms. The van der Waals surface area contributed by atoms with E-state index in [0.29, 0.717) is 5.92 Å². The summed E-state index contributed by atoms with van der Waals surface area (Å²) in [5.74, 6) is 3.91. The van der Waals surface area contributed by atoms with Gasteiger partial charge in [-0.15, -0.1) is 17.0 Å². The molecule has 17 heavy (non-hydrogen) atoms. The quantitative estimate of drug-likeness (QED) is 0.481. The molecule has 0 atom stereocenters. The van der Waals surface area contributed by atoms with E-state index in [9.17, 15) is 0 Å². The van der Waals surface area contributed by atoms with Crippen molar-refractivity contribution in [2.75, 3.05) is 0 Å². The fraction of sp³-hybridized carbons (Fsp3) is 0.857. The second-order valence-corrected chi connectivity index (χ2v) is 11.2. The van der Waals surface area contributed by atoms with Gasteiger partial charge in [0.25, 0.3) is 8.32 Å². The highest BCUT2D eigenvalue weighted by atomic mass is 79.9. The van der Waals surface area contributed by atoms with E-state index in [4.69, 9.17) is 4.43 Å². The van der Waals surface area contributed by atoms with Crippen molar-refractivity contribution in [3.63, 3.8) is 0 Å². The fourth-order valence-electron chi connectivity index (χ4n) is 1.64. The van der Waals surface area contributed by atoms with Crippen LogP contribution in [0.15, 0.2) is 0 Å². The van der Waals surface area contributed by atoms with Gasteiger partial charge in [-0.1, -0.05) is 46.0 Å². The molecule has 1 saturated carbocycles. The molecule has 1 fully saturated rings. The molecule has 0 N–H and O–H groups in total. The van der Waals surface area contributed by atoms with E-state index in [1.807, 2.05) is 0 Å². The topological polar surface area (TPSA) is 9.23 Å². The highest BCUT2D eigenvalue weighted by Crippen LogP contribution is 2.36. The summed E-state index contributed by atoms with van der Waals surface area (Å²) < 4.78 is 5.87. The van der Waals surface area contributed by atoms with Crippen molar-refractivity contribution < 1.29 is 4.43 Å². The Hall–Kier alpha value is 0.0569. The Balaban J connectivity index is 0.00000256. The average Bonchev–Trinajstić information content (AvgIpc) is 2.17. The molecule has 0 aromatic carbocycles. The lowest BCUT2D eigenvalue weighted by molar-refractivity contribution is 0.421. The number of hydrogen-bond acceptors (Lipinski definition) is 1. The van der Waals surface area contributed by atoms with E-state index < -0.39 is 8.32 Å². The standard InChI is InChI=1S/C14H26OSi.BrH/c1-14(2,3)16(4,5)15-12-11-13-9-7-6-8-10-13;/h13H,6-10H2,1-5H3;1H. The highest BCUT2D eigenvalue weighted by Gasteiger charge is 2.38. The Labute approximate surface area is 119 Å². The maximum atomic E-state index is 5.87. The van der Waals surface area contributed by atoms with E-state index in [1.54, 1.807) is 0 Å². The smallest absolute Gasteiger partial charge is 0.264 e. The van der Waals surface area contributed by atoms with E-state index in [1.165, 1.54) is 32.1 Å². The van der Waals surface area contributed by atoms with Crippen LogP contribution in [0.25, 0.3) is 0 Å². The van der Waals surface area contributed by atoms with Gasteiger partial charge in [0.2, 0.25) is 0 Å².